The fourth-order valence-electron chi connectivity index (χ4n) is 1.45. The zero-order valence-electron chi connectivity index (χ0n) is 9.18. The third-order valence-corrected chi connectivity index (χ3v) is 3.63. The molecule has 0 aliphatic heterocycles. The summed E-state index contributed by atoms with van der Waals surface area (Å²) in [6, 6.07) is 12.3. The standard InChI is InChI=1S/C13H14N2S/c1-10-5-2-3-7-12(10)16-9-11-6-4-8-15-13(11)14/h2-8H,9H2,1H3,(H2,14,15). The van der Waals surface area contributed by atoms with Gasteiger partial charge in [0, 0.05) is 22.4 Å². The van der Waals surface area contributed by atoms with E-state index in [0.717, 1.165) is 11.3 Å². The summed E-state index contributed by atoms with van der Waals surface area (Å²) in [4.78, 5) is 5.38. The lowest BCUT2D eigenvalue weighted by Gasteiger charge is -2.06. The molecule has 0 unspecified atom stereocenters. The number of anilines is 1. The van der Waals surface area contributed by atoms with E-state index in [1.807, 2.05) is 12.1 Å². The van der Waals surface area contributed by atoms with Crippen LogP contribution in [0.25, 0.3) is 0 Å². The number of nitrogens with zero attached hydrogens (tertiary/aromatic N) is 1. The van der Waals surface area contributed by atoms with Gasteiger partial charge in [-0.25, -0.2) is 4.98 Å². The highest BCUT2D eigenvalue weighted by Gasteiger charge is 2.02. The Hall–Kier alpha value is -1.48. The maximum absolute atomic E-state index is 5.80. The van der Waals surface area contributed by atoms with Crippen LogP contribution in [0.5, 0.6) is 0 Å². The van der Waals surface area contributed by atoms with Crippen molar-refractivity contribution < 1.29 is 0 Å². The topological polar surface area (TPSA) is 38.9 Å². The first-order valence-corrected chi connectivity index (χ1v) is 6.14. The molecule has 2 nitrogen and oxygen atoms in total. The number of aromatic nitrogens is 1. The van der Waals surface area contributed by atoms with Crippen molar-refractivity contribution in [1.29, 1.82) is 0 Å². The number of nitrogen functional groups attached to an aromatic ring is 1. The van der Waals surface area contributed by atoms with E-state index >= 15 is 0 Å². The number of thioether (sulfide) groups is 1. The van der Waals surface area contributed by atoms with E-state index in [4.69, 9.17) is 5.73 Å². The number of pyridine rings is 1. The first-order valence-electron chi connectivity index (χ1n) is 5.15. The molecule has 0 amide bonds. The van der Waals surface area contributed by atoms with Crippen molar-refractivity contribution in [1.82, 2.24) is 4.98 Å². The van der Waals surface area contributed by atoms with Gasteiger partial charge in [0.25, 0.3) is 0 Å². The molecule has 0 radical (unpaired) electrons. The highest BCUT2D eigenvalue weighted by molar-refractivity contribution is 7.98. The number of rotatable bonds is 3. The second-order valence-electron chi connectivity index (χ2n) is 3.60. The highest BCUT2D eigenvalue weighted by Crippen LogP contribution is 2.26. The Morgan fingerprint density at radius 1 is 1.19 bits per heavy atom. The molecule has 2 N–H and O–H groups in total. The predicted octanol–water partition coefficient (Wildman–Crippen LogP) is 3.26. The fourth-order valence-corrected chi connectivity index (χ4v) is 2.47. The molecule has 0 fully saturated rings. The van der Waals surface area contributed by atoms with Crippen LogP contribution in [0.3, 0.4) is 0 Å². The van der Waals surface area contributed by atoms with Gasteiger partial charge in [-0.05, 0) is 24.6 Å². The van der Waals surface area contributed by atoms with Crippen molar-refractivity contribution in [3.8, 4) is 0 Å². The molecule has 0 bridgehead atoms. The predicted molar refractivity (Wildman–Crippen MR) is 69.4 cm³/mol. The van der Waals surface area contributed by atoms with Gasteiger partial charge in [0.15, 0.2) is 0 Å². The minimum absolute atomic E-state index is 0.628. The van der Waals surface area contributed by atoms with Crippen molar-refractivity contribution in [3.63, 3.8) is 0 Å². The Kier molecular flexibility index (Phi) is 3.47. The van der Waals surface area contributed by atoms with Gasteiger partial charge >= 0.3 is 0 Å². The molecule has 1 aromatic heterocycles. The summed E-state index contributed by atoms with van der Waals surface area (Å²) in [5, 5.41) is 0. The van der Waals surface area contributed by atoms with Crippen LogP contribution in [-0.4, -0.2) is 4.98 Å². The van der Waals surface area contributed by atoms with Crippen LogP contribution in [0.1, 0.15) is 11.1 Å². The van der Waals surface area contributed by atoms with Gasteiger partial charge in [0.1, 0.15) is 5.82 Å². The van der Waals surface area contributed by atoms with Crippen molar-refractivity contribution in [3.05, 3.63) is 53.7 Å². The van der Waals surface area contributed by atoms with Gasteiger partial charge in [-0.1, -0.05) is 24.3 Å². The zero-order valence-corrected chi connectivity index (χ0v) is 10.00. The third-order valence-electron chi connectivity index (χ3n) is 2.40. The Labute approximate surface area is 99.9 Å². The number of hydrogen-bond donors (Lipinski definition) is 1. The lowest BCUT2D eigenvalue weighted by Crippen LogP contribution is -1.95. The van der Waals surface area contributed by atoms with Gasteiger partial charge in [-0.2, -0.15) is 0 Å². The molecule has 3 heteroatoms. The molecule has 0 spiro atoms. The monoisotopic (exact) mass is 230 g/mol. The molecule has 0 saturated heterocycles. The summed E-state index contributed by atoms with van der Waals surface area (Å²) < 4.78 is 0. The molecule has 82 valence electrons. The van der Waals surface area contributed by atoms with E-state index in [1.165, 1.54) is 10.5 Å². The zero-order chi connectivity index (χ0) is 11.4. The van der Waals surface area contributed by atoms with E-state index in [2.05, 4.69) is 36.2 Å². The van der Waals surface area contributed by atoms with Gasteiger partial charge in [0.2, 0.25) is 0 Å². The largest absolute Gasteiger partial charge is 0.383 e. The molecule has 16 heavy (non-hydrogen) atoms. The maximum Gasteiger partial charge on any atom is 0.127 e. The van der Waals surface area contributed by atoms with Crippen LogP contribution in [0.2, 0.25) is 0 Å². The van der Waals surface area contributed by atoms with Crippen molar-refractivity contribution in [2.24, 2.45) is 0 Å². The van der Waals surface area contributed by atoms with Gasteiger partial charge in [-0.3, -0.25) is 0 Å². The lowest BCUT2D eigenvalue weighted by atomic mass is 10.2. The molecule has 1 aromatic carbocycles. The lowest BCUT2D eigenvalue weighted by molar-refractivity contribution is 1.25. The van der Waals surface area contributed by atoms with E-state index in [1.54, 1.807) is 18.0 Å². The average molecular weight is 230 g/mol. The molecular weight excluding hydrogens is 216 g/mol. The minimum atomic E-state index is 0.628. The highest BCUT2D eigenvalue weighted by atomic mass is 32.2. The Bertz CT molecular complexity index is 437. The van der Waals surface area contributed by atoms with Crippen LogP contribution >= 0.6 is 11.8 Å². The summed E-state index contributed by atoms with van der Waals surface area (Å²) in [5.74, 6) is 1.49. The first-order chi connectivity index (χ1) is 7.77. The fraction of sp³-hybridized carbons (Fsp3) is 0.154. The molecule has 0 aliphatic rings. The minimum Gasteiger partial charge on any atom is -0.383 e. The Balaban J connectivity index is 2.09. The van der Waals surface area contributed by atoms with Gasteiger partial charge in [0.05, 0.1) is 0 Å². The summed E-state index contributed by atoms with van der Waals surface area (Å²) in [6.45, 7) is 2.12. The van der Waals surface area contributed by atoms with E-state index in [9.17, 15) is 0 Å². The van der Waals surface area contributed by atoms with E-state index in [0.29, 0.717) is 5.82 Å². The maximum atomic E-state index is 5.80. The quantitative estimate of drug-likeness (QED) is 0.822. The molecule has 0 saturated carbocycles. The molecule has 2 rings (SSSR count). The summed E-state index contributed by atoms with van der Waals surface area (Å²) in [5.41, 5.74) is 8.19. The summed E-state index contributed by atoms with van der Waals surface area (Å²) in [7, 11) is 0. The Morgan fingerprint density at radius 2 is 2.00 bits per heavy atom. The second kappa shape index (κ2) is 5.03. The van der Waals surface area contributed by atoms with Crippen molar-refractivity contribution in [2.45, 2.75) is 17.6 Å². The van der Waals surface area contributed by atoms with Gasteiger partial charge in [-0.15, -0.1) is 11.8 Å². The SMILES string of the molecule is Cc1ccccc1SCc1cccnc1N. The van der Waals surface area contributed by atoms with E-state index in [-0.39, 0.29) is 0 Å². The number of benzene rings is 1. The molecular formula is C13H14N2S. The first kappa shape index (κ1) is 11.0. The molecule has 2 aromatic rings. The number of hydrogen-bond acceptors (Lipinski definition) is 3. The summed E-state index contributed by atoms with van der Waals surface area (Å²) in [6.07, 6.45) is 1.72. The van der Waals surface area contributed by atoms with Gasteiger partial charge < -0.3 is 5.73 Å². The average Bonchev–Trinajstić information content (AvgIpc) is 2.30. The normalized spacial score (nSPS) is 10.3. The Morgan fingerprint density at radius 3 is 2.75 bits per heavy atom. The van der Waals surface area contributed by atoms with Crippen LogP contribution in [0.15, 0.2) is 47.5 Å². The second-order valence-corrected chi connectivity index (χ2v) is 4.62. The third kappa shape index (κ3) is 2.55. The smallest absolute Gasteiger partial charge is 0.127 e. The number of nitrogens with two attached hydrogens (primary N) is 1. The van der Waals surface area contributed by atoms with Crippen LogP contribution in [0, 0.1) is 6.92 Å². The van der Waals surface area contributed by atoms with Crippen LogP contribution in [0.4, 0.5) is 5.82 Å². The van der Waals surface area contributed by atoms with Crippen LogP contribution < -0.4 is 5.73 Å². The van der Waals surface area contributed by atoms with Crippen molar-refractivity contribution >= 4 is 17.6 Å². The van der Waals surface area contributed by atoms with Crippen molar-refractivity contribution in [2.75, 3.05) is 5.73 Å². The van der Waals surface area contributed by atoms with Crippen LogP contribution in [-0.2, 0) is 5.75 Å². The van der Waals surface area contributed by atoms with E-state index < -0.39 is 0 Å². The molecule has 0 aliphatic carbocycles. The summed E-state index contributed by atoms with van der Waals surface area (Å²) >= 11 is 1.79. The molecule has 1 heterocycles. The molecule has 0 atom stereocenters. The number of aryl methyl sites for hydroxylation is 1.